The number of hydrogen-bond donors (Lipinski definition) is 0. The third-order valence-electron chi connectivity index (χ3n) is 9.43. The summed E-state index contributed by atoms with van der Waals surface area (Å²) in [6, 6.07) is 58.8. The molecule has 7 aromatic carbocycles. The molecule has 0 aliphatic rings. The molecule has 0 amide bonds. The van der Waals surface area contributed by atoms with Gasteiger partial charge in [-0.15, -0.1) is 0 Å². The van der Waals surface area contributed by atoms with Crippen LogP contribution in [0.5, 0.6) is 0 Å². The van der Waals surface area contributed by atoms with Gasteiger partial charge in [0.25, 0.3) is 0 Å². The summed E-state index contributed by atoms with van der Waals surface area (Å²) in [5.41, 5.74) is 11.5. The summed E-state index contributed by atoms with van der Waals surface area (Å²) in [4.78, 5) is 0. The molecule has 0 aliphatic heterocycles. The lowest BCUT2D eigenvalue weighted by Gasteiger charge is -2.15. The molecule has 9 aromatic rings. The van der Waals surface area contributed by atoms with E-state index in [0.29, 0.717) is 11.1 Å². The van der Waals surface area contributed by atoms with Crippen molar-refractivity contribution in [2.24, 2.45) is 0 Å². The fourth-order valence-corrected chi connectivity index (χ4v) is 7.33. The predicted molar refractivity (Wildman–Crippen MR) is 195 cm³/mol. The van der Waals surface area contributed by atoms with E-state index in [1.165, 1.54) is 21.8 Å². The van der Waals surface area contributed by atoms with Gasteiger partial charge in [-0.25, -0.2) is 0 Å². The van der Waals surface area contributed by atoms with Gasteiger partial charge in [0, 0.05) is 32.8 Å². The minimum atomic E-state index is 0.612. The summed E-state index contributed by atoms with van der Waals surface area (Å²) >= 11 is 0. The summed E-state index contributed by atoms with van der Waals surface area (Å²) in [7, 11) is 0. The molecule has 0 saturated carbocycles. The average molecular weight is 611 g/mol. The van der Waals surface area contributed by atoms with Crippen molar-refractivity contribution in [3.05, 3.63) is 169 Å². The van der Waals surface area contributed by atoms with Gasteiger partial charge in [-0.05, 0) is 71.3 Å². The number of fused-ring (bicyclic) bond motifs is 6. The quantitative estimate of drug-likeness (QED) is 0.199. The summed E-state index contributed by atoms with van der Waals surface area (Å²) in [6.45, 7) is 0. The molecule has 0 fully saturated rings. The number of benzene rings is 7. The van der Waals surface area contributed by atoms with Crippen LogP contribution in [0, 0.1) is 22.7 Å². The van der Waals surface area contributed by atoms with Crippen LogP contribution in [0.1, 0.15) is 11.1 Å². The van der Waals surface area contributed by atoms with E-state index in [9.17, 15) is 10.5 Å². The Morgan fingerprint density at radius 3 is 1.65 bits per heavy atom. The standard InChI is InChI=1S/C44H26N4/c45-27-31-10-9-19-43-44(31)38-14-4-8-18-42(38)48(43)39-15-5-1-11-35(39)30-22-25-34(32(26-30)28-46)29-20-23-33(24-21-29)47-40-16-6-2-12-36(40)37-13-3-7-17-41(37)47/h1-26H. The zero-order valence-corrected chi connectivity index (χ0v) is 25.8. The normalized spacial score (nSPS) is 11.3. The Kier molecular flexibility index (Phi) is 6.22. The first-order chi connectivity index (χ1) is 23.7. The van der Waals surface area contributed by atoms with E-state index in [1.54, 1.807) is 0 Å². The Bertz CT molecular complexity index is 2750. The second-order valence-corrected chi connectivity index (χ2v) is 12.0. The van der Waals surface area contributed by atoms with Crippen LogP contribution in [0.3, 0.4) is 0 Å². The number of hydrogen-bond acceptors (Lipinski definition) is 2. The Balaban J connectivity index is 1.15. The SMILES string of the molecule is N#Cc1cc(-c2ccccc2-n2c3ccccc3c3c(C#N)cccc32)ccc1-c1ccc(-n2c3ccccc3c3ccccc32)cc1. The molecule has 2 aromatic heterocycles. The van der Waals surface area contributed by atoms with Gasteiger partial charge in [0.05, 0.1) is 51.0 Å². The molecule has 48 heavy (non-hydrogen) atoms. The van der Waals surface area contributed by atoms with Crippen LogP contribution in [-0.4, -0.2) is 9.13 Å². The van der Waals surface area contributed by atoms with Gasteiger partial charge < -0.3 is 9.13 Å². The highest BCUT2D eigenvalue weighted by atomic mass is 15.0. The molecule has 0 aliphatic carbocycles. The maximum atomic E-state index is 10.4. The fourth-order valence-electron chi connectivity index (χ4n) is 7.33. The van der Waals surface area contributed by atoms with E-state index >= 15 is 0 Å². The molecule has 222 valence electrons. The van der Waals surface area contributed by atoms with Crippen LogP contribution in [0.25, 0.3) is 77.2 Å². The monoisotopic (exact) mass is 610 g/mol. The fraction of sp³-hybridized carbons (Fsp3) is 0. The molecule has 0 bridgehead atoms. The van der Waals surface area contributed by atoms with E-state index in [1.807, 2.05) is 42.5 Å². The minimum Gasteiger partial charge on any atom is -0.309 e. The first-order valence-corrected chi connectivity index (χ1v) is 15.9. The highest BCUT2D eigenvalue weighted by Crippen LogP contribution is 2.39. The average Bonchev–Trinajstić information content (AvgIpc) is 3.68. The number of nitriles is 2. The van der Waals surface area contributed by atoms with Crippen molar-refractivity contribution in [2.45, 2.75) is 0 Å². The van der Waals surface area contributed by atoms with Crippen LogP contribution in [-0.2, 0) is 0 Å². The molecule has 9 rings (SSSR count). The molecule has 4 nitrogen and oxygen atoms in total. The summed E-state index contributed by atoms with van der Waals surface area (Å²) in [6.07, 6.45) is 0. The van der Waals surface area contributed by atoms with Crippen LogP contribution >= 0.6 is 0 Å². The van der Waals surface area contributed by atoms with Gasteiger partial charge >= 0.3 is 0 Å². The van der Waals surface area contributed by atoms with Crippen LogP contribution in [0.15, 0.2) is 158 Å². The molecule has 0 radical (unpaired) electrons. The van der Waals surface area contributed by atoms with Crippen molar-refractivity contribution in [3.63, 3.8) is 0 Å². The van der Waals surface area contributed by atoms with E-state index in [2.05, 4.69) is 137 Å². The van der Waals surface area contributed by atoms with Crippen molar-refractivity contribution >= 4 is 43.6 Å². The zero-order chi connectivity index (χ0) is 32.2. The topological polar surface area (TPSA) is 57.4 Å². The van der Waals surface area contributed by atoms with E-state index in [-0.39, 0.29) is 0 Å². The maximum absolute atomic E-state index is 10.4. The van der Waals surface area contributed by atoms with Crippen LogP contribution < -0.4 is 0 Å². The smallest absolute Gasteiger partial charge is 0.0998 e. The maximum Gasteiger partial charge on any atom is 0.0998 e. The van der Waals surface area contributed by atoms with E-state index in [0.717, 1.165) is 55.4 Å². The highest BCUT2D eigenvalue weighted by Gasteiger charge is 2.18. The lowest BCUT2D eigenvalue weighted by molar-refractivity contribution is 1.18. The molecular weight excluding hydrogens is 585 g/mol. The molecule has 2 heterocycles. The van der Waals surface area contributed by atoms with E-state index < -0.39 is 0 Å². The van der Waals surface area contributed by atoms with Crippen molar-refractivity contribution in [3.8, 4) is 45.8 Å². The van der Waals surface area contributed by atoms with Gasteiger partial charge in [0.15, 0.2) is 0 Å². The second-order valence-electron chi connectivity index (χ2n) is 12.0. The summed E-state index contributed by atoms with van der Waals surface area (Å²) in [5.74, 6) is 0. The van der Waals surface area contributed by atoms with Gasteiger partial charge in [0.2, 0.25) is 0 Å². The Hall–Kier alpha value is -6.88. The molecule has 0 N–H and O–H groups in total. The number of rotatable bonds is 4. The Morgan fingerprint density at radius 1 is 0.396 bits per heavy atom. The Morgan fingerprint density at radius 2 is 0.958 bits per heavy atom. The highest BCUT2D eigenvalue weighted by molar-refractivity contribution is 6.12. The van der Waals surface area contributed by atoms with Crippen LogP contribution in [0.2, 0.25) is 0 Å². The lowest BCUT2D eigenvalue weighted by atomic mass is 9.94. The number of para-hydroxylation sites is 4. The van der Waals surface area contributed by atoms with Crippen molar-refractivity contribution in [1.29, 1.82) is 10.5 Å². The Labute approximate surface area is 277 Å². The summed E-state index contributed by atoms with van der Waals surface area (Å²) < 4.78 is 4.53. The number of aromatic nitrogens is 2. The first kappa shape index (κ1) is 27.4. The molecule has 4 heteroatoms. The second kappa shape index (κ2) is 10.9. The lowest BCUT2D eigenvalue weighted by Crippen LogP contribution is -1.98. The van der Waals surface area contributed by atoms with Gasteiger partial charge in [-0.1, -0.05) is 103 Å². The van der Waals surface area contributed by atoms with Crippen molar-refractivity contribution in [2.75, 3.05) is 0 Å². The third-order valence-corrected chi connectivity index (χ3v) is 9.43. The summed E-state index contributed by atoms with van der Waals surface area (Å²) in [5, 5.41) is 24.8. The largest absolute Gasteiger partial charge is 0.309 e. The van der Waals surface area contributed by atoms with Crippen LogP contribution in [0.4, 0.5) is 0 Å². The molecule has 0 saturated heterocycles. The number of nitrogens with zero attached hydrogens (tertiary/aromatic N) is 4. The van der Waals surface area contributed by atoms with Gasteiger partial charge in [-0.3, -0.25) is 0 Å². The molecular formula is C44H26N4. The molecule has 0 atom stereocenters. The van der Waals surface area contributed by atoms with Gasteiger partial charge in [0.1, 0.15) is 0 Å². The van der Waals surface area contributed by atoms with Gasteiger partial charge in [-0.2, -0.15) is 10.5 Å². The zero-order valence-electron chi connectivity index (χ0n) is 25.8. The van der Waals surface area contributed by atoms with E-state index in [4.69, 9.17) is 0 Å². The molecule has 0 unspecified atom stereocenters. The minimum absolute atomic E-state index is 0.612. The van der Waals surface area contributed by atoms with Crippen molar-refractivity contribution in [1.82, 2.24) is 9.13 Å². The van der Waals surface area contributed by atoms with Crippen molar-refractivity contribution < 1.29 is 0 Å². The third kappa shape index (κ3) is 4.07. The predicted octanol–water partition coefficient (Wildman–Crippen LogP) is 11.0. The molecule has 0 spiro atoms. The first-order valence-electron chi connectivity index (χ1n) is 15.9.